The Morgan fingerprint density at radius 2 is 2.35 bits per heavy atom. The van der Waals surface area contributed by atoms with E-state index in [1.165, 1.54) is 7.11 Å². The molecule has 6 nitrogen and oxygen atoms in total. The lowest BCUT2D eigenvalue weighted by atomic mass is 9.99. The number of esters is 1. The largest absolute Gasteiger partial charge is 0.464 e. The molecule has 0 amide bonds. The summed E-state index contributed by atoms with van der Waals surface area (Å²) in [5, 5.41) is 3.28. The number of ether oxygens (including phenoxy) is 2. The van der Waals surface area contributed by atoms with E-state index in [-0.39, 0.29) is 11.9 Å². The molecule has 0 spiro atoms. The van der Waals surface area contributed by atoms with Crippen molar-refractivity contribution in [3.63, 3.8) is 0 Å². The van der Waals surface area contributed by atoms with E-state index in [0.29, 0.717) is 24.7 Å². The number of nitrogens with one attached hydrogen (secondary N) is 1. The Kier molecular flexibility index (Phi) is 3.93. The van der Waals surface area contributed by atoms with E-state index in [2.05, 4.69) is 15.3 Å². The Hall–Kier alpha value is -1.53. The van der Waals surface area contributed by atoms with Crippen LogP contribution in [-0.2, 0) is 22.4 Å². The first-order valence-electron chi connectivity index (χ1n) is 7.06. The first-order chi connectivity index (χ1) is 9.79. The van der Waals surface area contributed by atoms with E-state index in [9.17, 15) is 4.79 Å². The standard InChI is InChI=1S/C14H19N3O3/c1-19-14(18)12-10-4-5-15-7-11(10)16-13(17-12)9-3-2-6-20-8-9/h9,15H,2-8H2,1H3. The lowest BCUT2D eigenvalue weighted by Gasteiger charge is -2.24. The molecule has 3 rings (SSSR count). The van der Waals surface area contributed by atoms with E-state index in [0.717, 1.165) is 43.7 Å². The van der Waals surface area contributed by atoms with Crippen LogP contribution < -0.4 is 5.32 Å². The summed E-state index contributed by atoms with van der Waals surface area (Å²) in [7, 11) is 1.39. The zero-order chi connectivity index (χ0) is 13.9. The van der Waals surface area contributed by atoms with Gasteiger partial charge in [-0.05, 0) is 25.8 Å². The lowest BCUT2D eigenvalue weighted by Crippen LogP contribution is -2.29. The van der Waals surface area contributed by atoms with Crippen molar-refractivity contribution in [1.82, 2.24) is 15.3 Å². The molecule has 1 unspecified atom stereocenters. The molecule has 0 bridgehead atoms. The van der Waals surface area contributed by atoms with Crippen LogP contribution in [-0.4, -0.2) is 42.8 Å². The predicted molar refractivity (Wildman–Crippen MR) is 71.6 cm³/mol. The number of carbonyl (C=O) groups is 1. The van der Waals surface area contributed by atoms with Crippen LogP contribution in [0.2, 0.25) is 0 Å². The summed E-state index contributed by atoms with van der Waals surface area (Å²) in [5.74, 6) is 0.524. The highest BCUT2D eigenvalue weighted by Crippen LogP contribution is 2.25. The Balaban J connectivity index is 2.00. The minimum absolute atomic E-state index is 0.180. The number of hydrogen-bond donors (Lipinski definition) is 1. The topological polar surface area (TPSA) is 73.3 Å². The molecule has 1 aromatic heterocycles. The first-order valence-corrected chi connectivity index (χ1v) is 7.06. The van der Waals surface area contributed by atoms with Gasteiger partial charge in [0.2, 0.25) is 0 Å². The summed E-state index contributed by atoms with van der Waals surface area (Å²) in [6, 6.07) is 0. The fourth-order valence-electron chi connectivity index (χ4n) is 2.77. The van der Waals surface area contributed by atoms with Gasteiger partial charge in [-0.15, -0.1) is 0 Å². The smallest absolute Gasteiger partial charge is 0.357 e. The molecule has 20 heavy (non-hydrogen) atoms. The van der Waals surface area contributed by atoms with Gasteiger partial charge in [0.15, 0.2) is 5.69 Å². The predicted octanol–water partition coefficient (Wildman–Crippen LogP) is 0.803. The molecule has 2 aliphatic heterocycles. The number of hydrogen-bond acceptors (Lipinski definition) is 6. The maximum atomic E-state index is 12.0. The van der Waals surface area contributed by atoms with Crippen molar-refractivity contribution >= 4 is 5.97 Å². The highest BCUT2D eigenvalue weighted by Gasteiger charge is 2.26. The van der Waals surface area contributed by atoms with Gasteiger partial charge in [0.05, 0.1) is 19.4 Å². The summed E-state index contributed by atoms with van der Waals surface area (Å²) in [4.78, 5) is 21.1. The van der Waals surface area contributed by atoms with Gasteiger partial charge in [-0.3, -0.25) is 0 Å². The summed E-state index contributed by atoms with van der Waals surface area (Å²) in [5.41, 5.74) is 2.28. The minimum atomic E-state index is -0.372. The van der Waals surface area contributed by atoms with Gasteiger partial charge >= 0.3 is 5.97 Å². The third kappa shape index (κ3) is 2.53. The fraction of sp³-hybridized carbons (Fsp3) is 0.643. The third-order valence-electron chi connectivity index (χ3n) is 3.86. The van der Waals surface area contributed by atoms with Crippen molar-refractivity contribution in [2.45, 2.75) is 31.7 Å². The van der Waals surface area contributed by atoms with Crippen molar-refractivity contribution in [2.24, 2.45) is 0 Å². The van der Waals surface area contributed by atoms with Crippen molar-refractivity contribution in [2.75, 3.05) is 26.9 Å². The number of fused-ring (bicyclic) bond motifs is 1. The second-order valence-corrected chi connectivity index (χ2v) is 5.19. The number of rotatable bonds is 2. The molecule has 0 aliphatic carbocycles. The molecule has 108 valence electrons. The van der Waals surface area contributed by atoms with Crippen LogP contribution in [0.3, 0.4) is 0 Å². The summed E-state index contributed by atoms with van der Waals surface area (Å²) in [6.45, 7) is 2.95. The molecule has 1 N–H and O–H groups in total. The Labute approximate surface area is 117 Å². The van der Waals surface area contributed by atoms with Gasteiger partial charge in [-0.25, -0.2) is 14.8 Å². The second-order valence-electron chi connectivity index (χ2n) is 5.19. The highest BCUT2D eigenvalue weighted by atomic mass is 16.5. The van der Waals surface area contributed by atoms with Crippen LogP contribution in [0.4, 0.5) is 0 Å². The zero-order valence-corrected chi connectivity index (χ0v) is 11.6. The average molecular weight is 277 g/mol. The number of carbonyl (C=O) groups excluding carboxylic acids is 1. The second kappa shape index (κ2) is 5.85. The van der Waals surface area contributed by atoms with E-state index >= 15 is 0 Å². The van der Waals surface area contributed by atoms with Gasteiger partial charge in [-0.2, -0.15) is 0 Å². The summed E-state index contributed by atoms with van der Waals surface area (Å²) in [6.07, 6.45) is 2.78. The van der Waals surface area contributed by atoms with Gasteiger partial charge in [0, 0.05) is 24.6 Å². The SMILES string of the molecule is COC(=O)c1nc(C2CCCOC2)nc2c1CCNC2. The zero-order valence-electron chi connectivity index (χ0n) is 11.6. The van der Waals surface area contributed by atoms with Crippen LogP contribution in [0.5, 0.6) is 0 Å². The van der Waals surface area contributed by atoms with Crippen molar-refractivity contribution in [3.8, 4) is 0 Å². The summed E-state index contributed by atoms with van der Waals surface area (Å²) < 4.78 is 10.4. The van der Waals surface area contributed by atoms with Crippen LogP contribution in [0.15, 0.2) is 0 Å². The first kappa shape index (κ1) is 13.5. The van der Waals surface area contributed by atoms with E-state index in [1.807, 2.05) is 0 Å². The van der Waals surface area contributed by atoms with E-state index < -0.39 is 0 Å². The molecule has 1 fully saturated rings. The minimum Gasteiger partial charge on any atom is -0.464 e. The number of aromatic nitrogens is 2. The normalized spacial score (nSPS) is 22.1. The molecular formula is C14H19N3O3. The lowest BCUT2D eigenvalue weighted by molar-refractivity contribution is 0.0587. The average Bonchev–Trinajstić information content (AvgIpc) is 2.54. The molecule has 0 aromatic carbocycles. The Bertz CT molecular complexity index is 513. The summed E-state index contributed by atoms with van der Waals surface area (Å²) >= 11 is 0. The Morgan fingerprint density at radius 3 is 3.10 bits per heavy atom. The van der Waals surface area contributed by atoms with Crippen LogP contribution >= 0.6 is 0 Å². The van der Waals surface area contributed by atoms with Gasteiger partial charge in [0.1, 0.15) is 5.82 Å². The number of nitrogens with zero attached hydrogens (tertiary/aromatic N) is 2. The molecule has 2 aliphatic rings. The van der Waals surface area contributed by atoms with Crippen LogP contribution in [0, 0.1) is 0 Å². The van der Waals surface area contributed by atoms with Crippen molar-refractivity contribution < 1.29 is 14.3 Å². The molecule has 3 heterocycles. The quantitative estimate of drug-likeness (QED) is 0.806. The fourth-order valence-corrected chi connectivity index (χ4v) is 2.77. The van der Waals surface area contributed by atoms with E-state index in [1.54, 1.807) is 0 Å². The van der Waals surface area contributed by atoms with Gasteiger partial charge < -0.3 is 14.8 Å². The van der Waals surface area contributed by atoms with Crippen molar-refractivity contribution in [1.29, 1.82) is 0 Å². The molecule has 1 atom stereocenters. The molecular weight excluding hydrogens is 258 g/mol. The van der Waals surface area contributed by atoms with Crippen molar-refractivity contribution in [3.05, 3.63) is 22.8 Å². The van der Waals surface area contributed by atoms with Crippen LogP contribution in [0.25, 0.3) is 0 Å². The maximum Gasteiger partial charge on any atom is 0.357 e. The molecule has 6 heteroatoms. The molecule has 0 saturated carbocycles. The molecule has 1 aromatic rings. The monoisotopic (exact) mass is 277 g/mol. The van der Waals surface area contributed by atoms with Gasteiger partial charge in [0.25, 0.3) is 0 Å². The van der Waals surface area contributed by atoms with Gasteiger partial charge in [-0.1, -0.05) is 0 Å². The highest BCUT2D eigenvalue weighted by molar-refractivity contribution is 5.89. The maximum absolute atomic E-state index is 12.0. The Morgan fingerprint density at radius 1 is 1.45 bits per heavy atom. The van der Waals surface area contributed by atoms with E-state index in [4.69, 9.17) is 9.47 Å². The third-order valence-corrected chi connectivity index (χ3v) is 3.86. The molecule has 0 radical (unpaired) electrons. The van der Waals surface area contributed by atoms with Crippen LogP contribution in [0.1, 0.15) is 46.3 Å². The number of methoxy groups -OCH3 is 1. The molecule has 1 saturated heterocycles.